The van der Waals surface area contributed by atoms with Gasteiger partial charge in [0.1, 0.15) is 0 Å². The second kappa shape index (κ2) is 4.86. The first-order valence-corrected chi connectivity index (χ1v) is 9.32. The van der Waals surface area contributed by atoms with Crippen molar-refractivity contribution in [2.24, 2.45) is 0 Å². The van der Waals surface area contributed by atoms with E-state index in [9.17, 15) is 0 Å². The maximum atomic E-state index is 6.06. The van der Waals surface area contributed by atoms with Crippen LogP contribution in [0.15, 0.2) is 30.3 Å². The molecule has 0 amide bonds. The van der Waals surface area contributed by atoms with E-state index in [1.165, 1.54) is 0 Å². The van der Waals surface area contributed by atoms with Crippen LogP contribution >= 0.6 is 33.2 Å². The molecule has 0 aromatic heterocycles. The van der Waals surface area contributed by atoms with Crippen LogP contribution in [-0.2, 0) is 0 Å². The van der Waals surface area contributed by atoms with Crippen LogP contribution in [-0.4, -0.2) is 25.0 Å². The molecular formula is C9H12Cl3NSi. The second-order valence-corrected chi connectivity index (χ2v) is 12.1. The Morgan fingerprint density at radius 2 is 1.57 bits per heavy atom. The Balaban J connectivity index is 3.02. The van der Waals surface area contributed by atoms with Gasteiger partial charge < -0.3 is 4.90 Å². The molecule has 1 aromatic carbocycles. The van der Waals surface area contributed by atoms with Crippen LogP contribution < -0.4 is 0 Å². The van der Waals surface area contributed by atoms with Crippen LogP contribution in [0.4, 0.5) is 0 Å². The molecule has 0 aliphatic carbocycles. The predicted octanol–water partition coefficient (Wildman–Crippen LogP) is 3.48. The normalized spacial score (nSPS) is 14.4. The molecule has 0 saturated carbocycles. The van der Waals surface area contributed by atoms with E-state index in [2.05, 4.69) is 0 Å². The summed E-state index contributed by atoms with van der Waals surface area (Å²) in [5.74, 6) is 0. The van der Waals surface area contributed by atoms with E-state index in [1.54, 1.807) is 0 Å². The molecule has 0 heterocycles. The lowest BCUT2D eigenvalue weighted by Crippen LogP contribution is -2.35. The van der Waals surface area contributed by atoms with Crippen LogP contribution in [0.2, 0.25) is 0 Å². The summed E-state index contributed by atoms with van der Waals surface area (Å²) < 4.78 is 0. The topological polar surface area (TPSA) is 3.24 Å². The van der Waals surface area contributed by atoms with Crippen LogP contribution in [0, 0.1) is 0 Å². The fourth-order valence-electron chi connectivity index (χ4n) is 1.42. The van der Waals surface area contributed by atoms with Crippen LogP contribution in [0.25, 0.3) is 0 Å². The smallest absolute Gasteiger partial charge is 0.302 e. The minimum absolute atomic E-state index is 0.0892. The Bertz CT molecular complexity index is 284. The van der Waals surface area contributed by atoms with Crippen molar-refractivity contribution in [3.05, 3.63) is 35.9 Å². The maximum absolute atomic E-state index is 6.06. The third-order valence-electron chi connectivity index (χ3n) is 1.94. The highest BCUT2D eigenvalue weighted by atomic mass is 35.8. The van der Waals surface area contributed by atoms with Crippen LogP contribution in [0.5, 0.6) is 0 Å². The molecule has 1 atom stereocenters. The van der Waals surface area contributed by atoms with E-state index in [-0.39, 0.29) is 5.67 Å². The van der Waals surface area contributed by atoms with Crippen molar-refractivity contribution in [3.8, 4) is 0 Å². The van der Waals surface area contributed by atoms with Crippen molar-refractivity contribution in [2.45, 2.75) is 5.67 Å². The van der Waals surface area contributed by atoms with E-state index in [4.69, 9.17) is 33.2 Å². The van der Waals surface area contributed by atoms with Gasteiger partial charge in [-0.2, -0.15) is 0 Å². The fourth-order valence-corrected chi connectivity index (χ4v) is 5.46. The third-order valence-corrected chi connectivity index (χ3v) is 5.27. The number of hydrogen-bond acceptors (Lipinski definition) is 1. The van der Waals surface area contributed by atoms with Gasteiger partial charge in [0.2, 0.25) is 0 Å². The number of nitrogens with zero attached hydrogens (tertiary/aromatic N) is 1. The SMILES string of the molecule is CN(C)C(c1ccccc1)[Si](Cl)(Cl)Cl. The highest BCUT2D eigenvalue weighted by molar-refractivity contribution is 7.65. The molecule has 0 aliphatic heterocycles. The van der Waals surface area contributed by atoms with Crippen molar-refractivity contribution < 1.29 is 0 Å². The lowest BCUT2D eigenvalue weighted by atomic mass is 10.2. The number of halogens is 3. The lowest BCUT2D eigenvalue weighted by Gasteiger charge is -2.28. The molecule has 0 radical (unpaired) electrons. The van der Waals surface area contributed by atoms with Crippen molar-refractivity contribution >= 4 is 39.2 Å². The minimum atomic E-state index is -2.75. The van der Waals surface area contributed by atoms with Gasteiger partial charge in [-0.15, -0.1) is 33.2 Å². The summed E-state index contributed by atoms with van der Waals surface area (Å²) in [4.78, 5) is 1.95. The highest BCUT2D eigenvalue weighted by Gasteiger charge is 2.39. The minimum Gasteiger partial charge on any atom is -0.302 e. The summed E-state index contributed by atoms with van der Waals surface area (Å²) in [5.41, 5.74) is 0.970. The van der Waals surface area contributed by atoms with Crippen molar-refractivity contribution in [2.75, 3.05) is 14.1 Å². The molecule has 0 spiro atoms. The first-order valence-electron chi connectivity index (χ1n) is 4.21. The molecule has 0 bridgehead atoms. The fraction of sp³-hybridized carbons (Fsp3) is 0.333. The summed E-state index contributed by atoms with van der Waals surface area (Å²) in [5, 5.41) is 0. The van der Waals surface area contributed by atoms with Crippen molar-refractivity contribution in [1.29, 1.82) is 0 Å². The zero-order valence-electron chi connectivity index (χ0n) is 8.05. The molecule has 1 rings (SSSR count). The van der Waals surface area contributed by atoms with Gasteiger partial charge in [-0.25, -0.2) is 0 Å². The molecule has 0 aliphatic rings. The Morgan fingerprint density at radius 3 is 1.93 bits per heavy atom. The molecular weight excluding hydrogens is 257 g/mol. The van der Waals surface area contributed by atoms with Gasteiger partial charge in [-0.3, -0.25) is 0 Å². The highest BCUT2D eigenvalue weighted by Crippen LogP contribution is 2.37. The van der Waals surface area contributed by atoms with Gasteiger partial charge >= 0.3 is 6.00 Å². The van der Waals surface area contributed by atoms with E-state index < -0.39 is 6.00 Å². The third kappa shape index (κ3) is 3.14. The maximum Gasteiger partial charge on any atom is 0.361 e. The average Bonchev–Trinajstić information content (AvgIpc) is 2.02. The summed E-state index contributed by atoms with van der Waals surface area (Å²) in [7, 11) is 3.85. The van der Waals surface area contributed by atoms with E-state index in [0.29, 0.717) is 0 Å². The van der Waals surface area contributed by atoms with Gasteiger partial charge in [-0.1, -0.05) is 30.3 Å². The summed E-state index contributed by atoms with van der Waals surface area (Å²) in [6, 6.07) is 7.09. The molecule has 1 nitrogen and oxygen atoms in total. The molecule has 1 unspecified atom stereocenters. The van der Waals surface area contributed by atoms with Crippen LogP contribution in [0.3, 0.4) is 0 Å². The lowest BCUT2D eigenvalue weighted by molar-refractivity contribution is 0.379. The first-order chi connectivity index (χ1) is 6.43. The van der Waals surface area contributed by atoms with E-state index in [1.807, 2.05) is 49.3 Å². The molecule has 5 heteroatoms. The second-order valence-electron chi connectivity index (χ2n) is 3.32. The molecule has 78 valence electrons. The largest absolute Gasteiger partial charge is 0.361 e. The molecule has 1 aromatic rings. The Morgan fingerprint density at radius 1 is 1.07 bits per heavy atom. The van der Waals surface area contributed by atoms with Gasteiger partial charge in [0.05, 0.1) is 5.67 Å². The zero-order chi connectivity index (χ0) is 10.8. The Kier molecular flexibility index (Phi) is 4.28. The van der Waals surface area contributed by atoms with Gasteiger partial charge in [0, 0.05) is 0 Å². The summed E-state index contributed by atoms with van der Waals surface area (Å²) in [6.07, 6.45) is 0. The molecule has 0 saturated heterocycles. The predicted molar refractivity (Wildman–Crippen MR) is 66.2 cm³/mol. The van der Waals surface area contributed by atoms with Crippen molar-refractivity contribution in [1.82, 2.24) is 4.90 Å². The average molecular weight is 269 g/mol. The number of rotatable bonds is 3. The summed E-state index contributed by atoms with van der Waals surface area (Å²) in [6.45, 7) is 0. The monoisotopic (exact) mass is 267 g/mol. The zero-order valence-corrected chi connectivity index (χ0v) is 11.3. The summed E-state index contributed by atoms with van der Waals surface area (Å²) >= 11 is 18.2. The standard InChI is InChI=1S/C9H12Cl3NSi/c1-13(2)9(14(10,11)12)8-6-4-3-5-7-8/h3-7,9H,1-2H3. The number of hydrogen-bond donors (Lipinski definition) is 0. The Labute approximate surface area is 99.7 Å². The quantitative estimate of drug-likeness (QED) is 0.599. The van der Waals surface area contributed by atoms with Crippen LogP contribution in [0.1, 0.15) is 11.2 Å². The molecule has 14 heavy (non-hydrogen) atoms. The van der Waals surface area contributed by atoms with E-state index in [0.717, 1.165) is 5.56 Å². The van der Waals surface area contributed by atoms with Crippen molar-refractivity contribution in [3.63, 3.8) is 0 Å². The van der Waals surface area contributed by atoms with Gasteiger partial charge in [-0.05, 0) is 19.7 Å². The van der Waals surface area contributed by atoms with Gasteiger partial charge in [0.25, 0.3) is 0 Å². The first kappa shape index (κ1) is 12.3. The number of benzene rings is 1. The molecule has 0 fully saturated rings. The molecule has 0 N–H and O–H groups in total. The van der Waals surface area contributed by atoms with E-state index >= 15 is 0 Å². The van der Waals surface area contributed by atoms with Gasteiger partial charge in [0.15, 0.2) is 0 Å². The Hall–Kier alpha value is 0.267.